The topological polar surface area (TPSA) is 94.1 Å². The molecule has 7 heteroatoms. The van der Waals surface area contributed by atoms with Gasteiger partial charge in [-0.2, -0.15) is 0 Å². The van der Waals surface area contributed by atoms with Gasteiger partial charge in [-0.3, -0.25) is 9.59 Å². The fourth-order valence-corrected chi connectivity index (χ4v) is 1.99. The Morgan fingerprint density at radius 1 is 1.22 bits per heavy atom. The van der Waals surface area contributed by atoms with Crippen molar-refractivity contribution in [3.8, 4) is 5.75 Å². The van der Waals surface area contributed by atoms with E-state index < -0.39 is 24.5 Å². The zero-order valence-electron chi connectivity index (χ0n) is 12.9. The van der Waals surface area contributed by atoms with Crippen molar-refractivity contribution in [3.63, 3.8) is 0 Å². The van der Waals surface area contributed by atoms with Crippen molar-refractivity contribution in [2.45, 2.75) is 32.3 Å². The van der Waals surface area contributed by atoms with Crippen molar-refractivity contribution < 1.29 is 28.9 Å². The predicted molar refractivity (Wildman–Crippen MR) is 81.8 cm³/mol. The number of rotatable bonds is 5. The van der Waals surface area contributed by atoms with E-state index in [9.17, 15) is 14.7 Å². The first kappa shape index (κ1) is 17.0. The van der Waals surface area contributed by atoms with Gasteiger partial charge in [-0.1, -0.05) is 6.08 Å². The van der Waals surface area contributed by atoms with Gasteiger partial charge in [-0.15, -0.1) is 0 Å². The van der Waals surface area contributed by atoms with Gasteiger partial charge in [0.05, 0.1) is 0 Å². The van der Waals surface area contributed by atoms with Crippen LogP contribution in [0.4, 0.5) is 5.69 Å². The zero-order chi connectivity index (χ0) is 16.8. The van der Waals surface area contributed by atoms with Crippen LogP contribution in [0.2, 0.25) is 0 Å². The molecule has 0 fully saturated rings. The number of carbonyl (C=O) groups excluding carboxylic acids is 2. The Morgan fingerprint density at radius 3 is 2.52 bits per heavy atom. The van der Waals surface area contributed by atoms with E-state index in [-0.39, 0.29) is 12.5 Å². The van der Waals surface area contributed by atoms with Crippen LogP contribution in [0.3, 0.4) is 0 Å². The van der Waals surface area contributed by atoms with Crippen LogP contribution in [0.1, 0.15) is 13.8 Å². The molecule has 1 aromatic rings. The van der Waals surface area contributed by atoms with E-state index in [4.69, 9.17) is 14.2 Å². The number of hydrogen-bond donors (Lipinski definition) is 2. The second-order valence-corrected chi connectivity index (χ2v) is 5.04. The Hall–Kier alpha value is -2.38. The summed E-state index contributed by atoms with van der Waals surface area (Å²) in [7, 11) is 0. The molecule has 0 radical (unpaired) electrons. The average Bonchev–Trinajstić information content (AvgIpc) is 2.49. The molecule has 0 spiro atoms. The van der Waals surface area contributed by atoms with E-state index in [1.165, 1.54) is 19.9 Å². The lowest BCUT2D eigenvalue weighted by atomic mass is 10.1. The van der Waals surface area contributed by atoms with Gasteiger partial charge < -0.3 is 24.6 Å². The maximum absolute atomic E-state index is 11.0. The molecule has 1 aliphatic rings. The Kier molecular flexibility index (Phi) is 5.72. The Labute approximate surface area is 133 Å². The highest BCUT2D eigenvalue weighted by atomic mass is 16.7. The molecular weight excluding hydrogens is 302 g/mol. The quantitative estimate of drug-likeness (QED) is 0.626. The first-order chi connectivity index (χ1) is 10.9. The summed E-state index contributed by atoms with van der Waals surface area (Å²) in [6.45, 7) is 2.66. The van der Waals surface area contributed by atoms with Gasteiger partial charge in [0.2, 0.25) is 12.2 Å². The summed E-state index contributed by atoms with van der Waals surface area (Å²) in [6.07, 6.45) is 0.861. The van der Waals surface area contributed by atoms with Crippen LogP contribution in [0.5, 0.6) is 5.75 Å². The molecule has 7 nitrogen and oxygen atoms in total. The van der Waals surface area contributed by atoms with Crippen molar-refractivity contribution in [1.29, 1.82) is 0 Å². The molecule has 2 N–H and O–H groups in total. The van der Waals surface area contributed by atoms with Crippen molar-refractivity contribution in [2.75, 3.05) is 11.9 Å². The highest BCUT2D eigenvalue weighted by Gasteiger charge is 2.27. The molecule has 0 aromatic heterocycles. The summed E-state index contributed by atoms with van der Waals surface area (Å²) in [6, 6.07) is 6.78. The minimum absolute atomic E-state index is 0.0534. The minimum Gasteiger partial charge on any atom is -0.463 e. The van der Waals surface area contributed by atoms with Crippen LogP contribution < -0.4 is 10.1 Å². The second-order valence-electron chi connectivity index (χ2n) is 5.04. The highest BCUT2D eigenvalue weighted by Crippen LogP contribution is 2.21. The highest BCUT2D eigenvalue weighted by molar-refractivity contribution is 5.88. The molecule has 3 atom stereocenters. The molecule has 0 saturated heterocycles. The van der Waals surface area contributed by atoms with E-state index in [0.29, 0.717) is 11.4 Å². The average molecular weight is 321 g/mol. The fourth-order valence-electron chi connectivity index (χ4n) is 1.99. The van der Waals surface area contributed by atoms with E-state index >= 15 is 0 Å². The van der Waals surface area contributed by atoms with Crippen molar-refractivity contribution in [2.24, 2.45) is 0 Å². The van der Waals surface area contributed by atoms with Gasteiger partial charge in [0.1, 0.15) is 24.6 Å². The standard InChI is InChI=1S/C16H19NO6/c1-10(18)17-12-3-5-13(6-4-12)22-16-8-7-14(20)15(23-16)9-21-11(2)19/h3-8,14-16,20H,9H2,1-2H3,(H,17,18). The molecule has 1 aromatic carbocycles. The monoisotopic (exact) mass is 321 g/mol. The number of carbonyl (C=O) groups is 2. The summed E-state index contributed by atoms with van der Waals surface area (Å²) in [5.41, 5.74) is 0.660. The fraction of sp³-hybridized carbons (Fsp3) is 0.375. The van der Waals surface area contributed by atoms with Crippen LogP contribution in [-0.2, 0) is 19.1 Å². The van der Waals surface area contributed by atoms with Crippen LogP contribution in [0.25, 0.3) is 0 Å². The second kappa shape index (κ2) is 7.75. The van der Waals surface area contributed by atoms with Crippen LogP contribution >= 0.6 is 0 Å². The van der Waals surface area contributed by atoms with Gasteiger partial charge >= 0.3 is 5.97 Å². The van der Waals surface area contributed by atoms with Crippen molar-refractivity contribution in [3.05, 3.63) is 36.4 Å². The summed E-state index contributed by atoms with van der Waals surface area (Å²) in [4.78, 5) is 21.8. The number of anilines is 1. The molecule has 0 bridgehead atoms. The first-order valence-electron chi connectivity index (χ1n) is 7.13. The SMILES string of the molecule is CC(=O)Nc1ccc(OC2C=CC(O)C(COC(C)=O)O2)cc1. The molecule has 1 heterocycles. The largest absolute Gasteiger partial charge is 0.463 e. The number of esters is 1. The van der Waals surface area contributed by atoms with E-state index in [1.54, 1.807) is 30.3 Å². The normalized spacial score (nSPS) is 23.2. The maximum atomic E-state index is 11.0. The molecule has 3 unspecified atom stereocenters. The lowest BCUT2D eigenvalue weighted by Gasteiger charge is -2.29. The molecule has 1 amide bonds. The number of amides is 1. The maximum Gasteiger partial charge on any atom is 0.302 e. The number of aliphatic hydroxyl groups is 1. The lowest BCUT2D eigenvalue weighted by molar-refractivity contribution is -0.165. The number of ether oxygens (including phenoxy) is 3. The molecule has 124 valence electrons. The van der Waals surface area contributed by atoms with E-state index in [1.807, 2.05) is 0 Å². The number of nitrogens with one attached hydrogen (secondary N) is 1. The van der Waals surface area contributed by atoms with Gasteiger partial charge in [0.15, 0.2) is 0 Å². The third-order valence-electron chi connectivity index (χ3n) is 3.03. The zero-order valence-corrected chi connectivity index (χ0v) is 12.9. The van der Waals surface area contributed by atoms with Gasteiger partial charge in [0, 0.05) is 19.5 Å². The first-order valence-corrected chi connectivity index (χ1v) is 7.13. The molecule has 23 heavy (non-hydrogen) atoms. The van der Waals surface area contributed by atoms with E-state index in [2.05, 4.69) is 5.32 Å². The molecular formula is C16H19NO6. The van der Waals surface area contributed by atoms with Gasteiger partial charge in [0.25, 0.3) is 0 Å². The number of aliphatic hydroxyl groups excluding tert-OH is 1. The third-order valence-corrected chi connectivity index (χ3v) is 3.03. The van der Waals surface area contributed by atoms with Crippen molar-refractivity contribution in [1.82, 2.24) is 0 Å². The number of hydrogen-bond acceptors (Lipinski definition) is 6. The van der Waals surface area contributed by atoms with Crippen LogP contribution in [0.15, 0.2) is 36.4 Å². The van der Waals surface area contributed by atoms with Crippen LogP contribution in [-0.4, -0.2) is 42.1 Å². The third kappa shape index (κ3) is 5.39. The molecule has 0 saturated carbocycles. The number of benzene rings is 1. The Balaban J connectivity index is 1.93. The summed E-state index contributed by atoms with van der Waals surface area (Å²) >= 11 is 0. The summed E-state index contributed by atoms with van der Waals surface area (Å²) in [5, 5.41) is 12.4. The summed E-state index contributed by atoms with van der Waals surface area (Å²) < 4.78 is 16.0. The van der Waals surface area contributed by atoms with Gasteiger partial charge in [-0.05, 0) is 30.3 Å². The Morgan fingerprint density at radius 2 is 1.91 bits per heavy atom. The van der Waals surface area contributed by atoms with E-state index in [0.717, 1.165) is 0 Å². The minimum atomic E-state index is -0.864. The van der Waals surface area contributed by atoms with Crippen LogP contribution in [0, 0.1) is 0 Å². The Bertz CT molecular complexity index is 583. The summed E-state index contributed by atoms with van der Waals surface area (Å²) in [5.74, 6) is -0.0581. The predicted octanol–water partition coefficient (Wildman–Crippen LogP) is 1.23. The lowest BCUT2D eigenvalue weighted by Crippen LogP contribution is -2.40. The molecule has 0 aliphatic carbocycles. The smallest absolute Gasteiger partial charge is 0.302 e. The molecule has 2 rings (SSSR count). The molecule has 1 aliphatic heterocycles. The van der Waals surface area contributed by atoms with Crippen molar-refractivity contribution >= 4 is 17.6 Å². The van der Waals surface area contributed by atoms with Gasteiger partial charge in [-0.25, -0.2) is 0 Å².